The SMILES string of the molecule is COCCOc1ccc(Br)cc1C(=O)NC(=S)Nc1ccccc1C(=O)Nc1ccc(Nc2ccccc2)cc1. The zero-order chi connectivity index (χ0) is 28.3. The normalized spacial score (nSPS) is 10.3. The summed E-state index contributed by atoms with van der Waals surface area (Å²) in [6.45, 7) is 0.667. The number of amides is 2. The first-order valence-corrected chi connectivity index (χ1v) is 13.5. The van der Waals surface area contributed by atoms with Crippen molar-refractivity contribution in [2.45, 2.75) is 0 Å². The van der Waals surface area contributed by atoms with Crippen molar-refractivity contribution in [3.05, 3.63) is 113 Å². The molecule has 8 nitrogen and oxygen atoms in total. The number of methoxy groups -OCH3 is 1. The predicted molar refractivity (Wildman–Crippen MR) is 166 cm³/mol. The van der Waals surface area contributed by atoms with E-state index in [4.69, 9.17) is 21.7 Å². The number of anilines is 4. The van der Waals surface area contributed by atoms with E-state index in [0.29, 0.717) is 39.3 Å². The van der Waals surface area contributed by atoms with Crippen LogP contribution in [-0.4, -0.2) is 37.3 Å². The summed E-state index contributed by atoms with van der Waals surface area (Å²) in [5.74, 6) is -0.399. The molecule has 2 amide bonds. The second kappa shape index (κ2) is 14.2. The number of carbonyl (C=O) groups excluding carboxylic acids is 2. The standard InChI is InChI=1S/C30H27BrN4O4S/c1-38-17-18-39-27-16-11-20(31)19-25(27)29(37)35-30(40)34-26-10-6-5-9-24(26)28(36)33-23-14-12-22(13-15-23)32-21-7-3-2-4-8-21/h2-16,19,32H,17-18H2,1H3,(H,33,36)(H2,34,35,37,40). The minimum atomic E-state index is -0.461. The largest absolute Gasteiger partial charge is 0.490 e. The van der Waals surface area contributed by atoms with Gasteiger partial charge in [0.15, 0.2) is 5.11 Å². The van der Waals surface area contributed by atoms with E-state index in [9.17, 15) is 9.59 Å². The van der Waals surface area contributed by atoms with E-state index in [2.05, 4.69) is 37.2 Å². The fourth-order valence-electron chi connectivity index (χ4n) is 3.68. The van der Waals surface area contributed by atoms with Crippen molar-refractivity contribution >= 4 is 67.8 Å². The van der Waals surface area contributed by atoms with Crippen molar-refractivity contribution in [1.82, 2.24) is 5.32 Å². The smallest absolute Gasteiger partial charge is 0.261 e. The van der Waals surface area contributed by atoms with Gasteiger partial charge in [-0.25, -0.2) is 0 Å². The molecule has 0 aromatic heterocycles. The zero-order valence-corrected chi connectivity index (χ0v) is 24.0. The Balaban J connectivity index is 1.39. The van der Waals surface area contributed by atoms with E-state index in [1.165, 1.54) is 0 Å². The molecule has 0 atom stereocenters. The number of thiocarbonyl (C=S) groups is 1. The van der Waals surface area contributed by atoms with Gasteiger partial charge in [-0.05, 0) is 78.9 Å². The summed E-state index contributed by atoms with van der Waals surface area (Å²) in [7, 11) is 1.57. The van der Waals surface area contributed by atoms with Gasteiger partial charge in [-0.3, -0.25) is 14.9 Å². The van der Waals surface area contributed by atoms with Crippen LogP contribution in [0.2, 0.25) is 0 Å². The Kier molecular flexibility index (Phi) is 10.2. The van der Waals surface area contributed by atoms with E-state index in [1.54, 1.807) is 49.6 Å². The lowest BCUT2D eigenvalue weighted by Gasteiger charge is -2.15. The first-order chi connectivity index (χ1) is 19.4. The van der Waals surface area contributed by atoms with Crippen LogP contribution in [0.3, 0.4) is 0 Å². The average Bonchev–Trinajstić information content (AvgIpc) is 2.95. The lowest BCUT2D eigenvalue weighted by Crippen LogP contribution is -2.35. The van der Waals surface area contributed by atoms with Crippen LogP contribution in [0, 0.1) is 0 Å². The molecule has 4 N–H and O–H groups in total. The molecule has 0 radical (unpaired) electrons. The number of carbonyl (C=O) groups is 2. The van der Waals surface area contributed by atoms with Crippen LogP contribution >= 0.6 is 28.1 Å². The number of ether oxygens (including phenoxy) is 2. The first kappa shape index (κ1) is 28.8. The van der Waals surface area contributed by atoms with Crippen LogP contribution in [-0.2, 0) is 4.74 Å². The van der Waals surface area contributed by atoms with Crippen LogP contribution in [0.25, 0.3) is 0 Å². The summed E-state index contributed by atoms with van der Waals surface area (Å²) in [6, 6.07) is 29.2. The third kappa shape index (κ3) is 8.12. The predicted octanol–water partition coefficient (Wildman–Crippen LogP) is 6.60. The van der Waals surface area contributed by atoms with Gasteiger partial charge >= 0.3 is 0 Å². The van der Waals surface area contributed by atoms with Crippen molar-refractivity contribution in [1.29, 1.82) is 0 Å². The second-order valence-electron chi connectivity index (χ2n) is 8.46. The van der Waals surface area contributed by atoms with Gasteiger partial charge in [-0.15, -0.1) is 0 Å². The zero-order valence-electron chi connectivity index (χ0n) is 21.6. The molecule has 4 aromatic carbocycles. The molecule has 0 saturated carbocycles. The number of hydrogen-bond acceptors (Lipinski definition) is 6. The van der Waals surface area contributed by atoms with Crippen molar-refractivity contribution in [2.24, 2.45) is 0 Å². The molecular formula is C30H27BrN4O4S. The summed E-state index contributed by atoms with van der Waals surface area (Å²) in [5, 5.41) is 11.8. The summed E-state index contributed by atoms with van der Waals surface area (Å²) < 4.78 is 11.4. The lowest BCUT2D eigenvalue weighted by molar-refractivity contribution is 0.0968. The number of para-hydroxylation sites is 2. The van der Waals surface area contributed by atoms with E-state index in [-0.39, 0.29) is 17.6 Å². The van der Waals surface area contributed by atoms with Crippen LogP contribution in [0.4, 0.5) is 22.7 Å². The number of halogens is 1. The summed E-state index contributed by atoms with van der Waals surface area (Å²) >= 11 is 8.77. The molecule has 10 heteroatoms. The van der Waals surface area contributed by atoms with Crippen LogP contribution < -0.4 is 26.0 Å². The fraction of sp³-hybridized carbons (Fsp3) is 0.100. The maximum absolute atomic E-state index is 13.1. The second-order valence-corrected chi connectivity index (χ2v) is 9.78. The maximum atomic E-state index is 13.1. The first-order valence-electron chi connectivity index (χ1n) is 12.3. The quantitative estimate of drug-likeness (QED) is 0.117. The summed E-state index contributed by atoms with van der Waals surface area (Å²) in [6.07, 6.45) is 0. The molecule has 0 spiro atoms. The summed E-state index contributed by atoms with van der Waals surface area (Å²) in [5.41, 5.74) is 3.59. The molecule has 0 heterocycles. The van der Waals surface area contributed by atoms with Crippen molar-refractivity contribution in [3.63, 3.8) is 0 Å². The Bertz CT molecular complexity index is 1480. The average molecular weight is 620 g/mol. The highest BCUT2D eigenvalue weighted by molar-refractivity contribution is 9.10. The van der Waals surface area contributed by atoms with Crippen molar-refractivity contribution in [2.75, 3.05) is 36.3 Å². The highest BCUT2D eigenvalue weighted by Crippen LogP contribution is 2.24. The van der Waals surface area contributed by atoms with E-state index in [0.717, 1.165) is 11.4 Å². The van der Waals surface area contributed by atoms with Gasteiger partial charge in [0, 0.05) is 28.6 Å². The molecule has 0 unspecified atom stereocenters. The molecule has 4 rings (SSSR count). The highest BCUT2D eigenvalue weighted by atomic mass is 79.9. The monoisotopic (exact) mass is 618 g/mol. The molecule has 0 bridgehead atoms. The molecular weight excluding hydrogens is 592 g/mol. The topological polar surface area (TPSA) is 101 Å². The Morgan fingerprint density at radius 3 is 2.17 bits per heavy atom. The number of nitrogens with one attached hydrogen (secondary N) is 4. The molecule has 4 aromatic rings. The van der Waals surface area contributed by atoms with E-state index in [1.807, 2.05) is 54.6 Å². The third-order valence-electron chi connectivity index (χ3n) is 5.58. The number of hydrogen-bond donors (Lipinski definition) is 4. The fourth-order valence-corrected chi connectivity index (χ4v) is 4.24. The van der Waals surface area contributed by atoms with Crippen molar-refractivity contribution in [3.8, 4) is 5.75 Å². The molecule has 40 heavy (non-hydrogen) atoms. The highest BCUT2D eigenvalue weighted by Gasteiger charge is 2.17. The lowest BCUT2D eigenvalue weighted by atomic mass is 10.1. The molecule has 0 fully saturated rings. The number of rotatable bonds is 10. The van der Waals surface area contributed by atoms with E-state index < -0.39 is 5.91 Å². The Morgan fingerprint density at radius 1 is 0.750 bits per heavy atom. The Morgan fingerprint density at radius 2 is 1.43 bits per heavy atom. The molecule has 0 aliphatic heterocycles. The van der Waals surface area contributed by atoms with Gasteiger partial charge in [0.25, 0.3) is 11.8 Å². The molecule has 0 aliphatic rings. The molecule has 0 aliphatic carbocycles. The van der Waals surface area contributed by atoms with Gasteiger partial charge in [0.05, 0.1) is 23.4 Å². The van der Waals surface area contributed by atoms with Gasteiger partial charge in [-0.2, -0.15) is 0 Å². The van der Waals surface area contributed by atoms with Gasteiger partial charge in [-0.1, -0.05) is 46.3 Å². The van der Waals surface area contributed by atoms with E-state index >= 15 is 0 Å². The number of benzene rings is 4. The van der Waals surface area contributed by atoms with Crippen LogP contribution in [0.5, 0.6) is 5.75 Å². The third-order valence-corrected chi connectivity index (χ3v) is 6.28. The van der Waals surface area contributed by atoms with Crippen molar-refractivity contribution < 1.29 is 19.1 Å². The Labute approximate surface area is 246 Å². The summed E-state index contributed by atoms with van der Waals surface area (Å²) in [4.78, 5) is 26.1. The maximum Gasteiger partial charge on any atom is 0.261 e. The van der Waals surface area contributed by atoms with Crippen LogP contribution in [0.1, 0.15) is 20.7 Å². The van der Waals surface area contributed by atoms with Crippen LogP contribution in [0.15, 0.2) is 102 Å². The molecule has 0 saturated heterocycles. The Hall–Kier alpha value is -4.25. The van der Waals surface area contributed by atoms with Gasteiger partial charge < -0.3 is 25.4 Å². The molecule has 204 valence electrons. The minimum absolute atomic E-state index is 0.0319. The minimum Gasteiger partial charge on any atom is -0.490 e. The van der Waals surface area contributed by atoms with Gasteiger partial charge in [0.2, 0.25) is 0 Å². The van der Waals surface area contributed by atoms with Gasteiger partial charge in [0.1, 0.15) is 12.4 Å².